The minimum Gasteiger partial charge on any atom is -0.456 e. The van der Waals surface area contributed by atoms with E-state index < -0.39 is 0 Å². The predicted molar refractivity (Wildman–Crippen MR) is 235 cm³/mol. The largest absolute Gasteiger partial charge is 0.456 e. The fourth-order valence-electron chi connectivity index (χ4n) is 9.44. The van der Waals surface area contributed by atoms with E-state index in [1.54, 1.807) is 0 Å². The first-order valence-corrected chi connectivity index (χ1v) is 19.1. The zero-order valence-corrected chi connectivity index (χ0v) is 30.7. The normalized spacial score (nSPS) is 11.8. The molecule has 0 bridgehead atoms. The number of aryl methyl sites for hydroxylation is 2. The van der Waals surface area contributed by atoms with Gasteiger partial charge in [0.1, 0.15) is 11.2 Å². The molecule has 0 aliphatic carbocycles. The molecule has 10 aromatic carbocycles. The Labute approximate surface area is 319 Å². The first-order valence-electron chi connectivity index (χ1n) is 19.1. The van der Waals surface area contributed by atoms with Crippen molar-refractivity contribution < 1.29 is 4.42 Å². The van der Waals surface area contributed by atoms with Crippen molar-refractivity contribution >= 4 is 65.0 Å². The molecule has 1 aromatic heterocycles. The van der Waals surface area contributed by atoms with Crippen LogP contribution in [0.1, 0.15) is 11.1 Å². The van der Waals surface area contributed by atoms with Gasteiger partial charge in [0.25, 0.3) is 0 Å². The lowest BCUT2D eigenvalue weighted by Crippen LogP contribution is -1.94. The minimum absolute atomic E-state index is 0.890. The molecule has 0 amide bonds. The van der Waals surface area contributed by atoms with Gasteiger partial charge < -0.3 is 4.42 Å². The van der Waals surface area contributed by atoms with Crippen molar-refractivity contribution in [1.29, 1.82) is 0 Å². The predicted octanol–water partition coefficient (Wildman–Crippen LogP) is 15.5. The van der Waals surface area contributed by atoms with Gasteiger partial charge in [-0.2, -0.15) is 0 Å². The molecule has 0 aliphatic rings. The molecule has 258 valence electrons. The molecule has 0 aliphatic heterocycles. The molecule has 0 unspecified atom stereocenters. The van der Waals surface area contributed by atoms with Gasteiger partial charge in [-0.1, -0.05) is 164 Å². The van der Waals surface area contributed by atoms with Crippen molar-refractivity contribution in [3.05, 3.63) is 193 Å². The molecule has 0 radical (unpaired) electrons. The minimum atomic E-state index is 0.890. The second-order valence-electron chi connectivity index (χ2n) is 14.8. The summed E-state index contributed by atoms with van der Waals surface area (Å²) >= 11 is 0. The van der Waals surface area contributed by atoms with Crippen LogP contribution in [0.25, 0.3) is 110 Å². The number of fused-ring (bicyclic) bond motifs is 7. The lowest BCUT2D eigenvalue weighted by atomic mass is 9.83. The first-order chi connectivity index (χ1) is 27.2. The first kappa shape index (κ1) is 31.6. The van der Waals surface area contributed by atoms with Crippen molar-refractivity contribution in [2.45, 2.75) is 13.8 Å². The maximum absolute atomic E-state index is 6.84. The zero-order chi connectivity index (χ0) is 36.6. The summed E-state index contributed by atoms with van der Waals surface area (Å²) < 4.78 is 6.84. The van der Waals surface area contributed by atoms with Gasteiger partial charge in [0.2, 0.25) is 0 Å². The topological polar surface area (TPSA) is 13.1 Å². The summed E-state index contributed by atoms with van der Waals surface area (Å²) in [4.78, 5) is 0. The van der Waals surface area contributed by atoms with E-state index in [2.05, 4.69) is 196 Å². The van der Waals surface area contributed by atoms with Crippen LogP contribution in [-0.4, -0.2) is 0 Å². The zero-order valence-electron chi connectivity index (χ0n) is 30.7. The average Bonchev–Trinajstić information content (AvgIpc) is 3.61. The Bertz CT molecular complexity index is 3190. The average molecular weight is 701 g/mol. The van der Waals surface area contributed by atoms with Gasteiger partial charge in [0.05, 0.1) is 0 Å². The molecular weight excluding hydrogens is 665 g/mol. The second-order valence-corrected chi connectivity index (χ2v) is 14.8. The van der Waals surface area contributed by atoms with Crippen LogP contribution in [0.15, 0.2) is 186 Å². The highest BCUT2D eigenvalue weighted by molar-refractivity contribution is 6.27. The lowest BCUT2D eigenvalue weighted by Gasteiger charge is -2.20. The summed E-state index contributed by atoms with van der Waals surface area (Å²) in [6.45, 7) is 4.46. The molecule has 0 spiro atoms. The maximum Gasteiger partial charge on any atom is 0.136 e. The molecule has 0 saturated carbocycles. The summed E-state index contributed by atoms with van der Waals surface area (Å²) in [5, 5.41) is 12.2. The van der Waals surface area contributed by atoms with E-state index in [0.29, 0.717) is 0 Å². The molecule has 0 atom stereocenters. The Balaban J connectivity index is 1.18. The van der Waals surface area contributed by atoms with Crippen LogP contribution in [0.5, 0.6) is 0 Å². The highest BCUT2D eigenvalue weighted by atomic mass is 16.3. The third-order valence-electron chi connectivity index (χ3n) is 11.7. The monoisotopic (exact) mass is 700 g/mol. The summed E-state index contributed by atoms with van der Waals surface area (Å²) in [5.74, 6) is 0. The lowest BCUT2D eigenvalue weighted by molar-refractivity contribution is 0.669. The van der Waals surface area contributed by atoms with Crippen LogP contribution >= 0.6 is 0 Å². The third-order valence-corrected chi connectivity index (χ3v) is 11.7. The summed E-state index contributed by atoms with van der Waals surface area (Å²) in [7, 11) is 0. The fraction of sp³-hybridized carbons (Fsp3) is 0.0370. The molecule has 1 heteroatoms. The highest BCUT2D eigenvalue weighted by Crippen LogP contribution is 2.49. The molecule has 1 nitrogen and oxygen atoms in total. The fourth-order valence-corrected chi connectivity index (χ4v) is 9.44. The molecule has 0 saturated heterocycles. The Morgan fingerprint density at radius 2 is 0.745 bits per heavy atom. The molecule has 1 heterocycles. The number of furan rings is 1. The quantitative estimate of drug-likeness (QED) is 0.167. The van der Waals surface area contributed by atoms with Crippen LogP contribution in [0, 0.1) is 13.8 Å². The van der Waals surface area contributed by atoms with Gasteiger partial charge in [-0.25, -0.2) is 0 Å². The molecule has 0 fully saturated rings. The Morgan fingerprint density at radius 1 is 0.291 bits per heavy atom. The smallest absolute Gasteiger partial charge is 0.136 e. The van der Waals surface area contributed by atoms with E-state index in [4.69, 9.17) is 4.42 Å². The van der Waals surface area contributed by atoms with E-state index in [-0.39, 0.29) is 0 Å². The summed E-state index contributed by atoms with van der Waals surface area (Å²) in [6.07, 6.45) is 0. The van der Waals surface area contributed by atoms with Gasteiger partial charge in [0, 0.05) is 10.8 Å². The third kappa shape index (κ3) is 4.73. The molecular formula is C54H36O. The van der Waals surface area contributed by atoms with Gasteiger partial charge in [-0.15, -0.1) is 0 Å². The molecule has 0 N–H and O–H groups in total. The van der Waals surface area contributed by atoms with Gasteiger partial charge >= 0.3 is 0 Å². The van der Waals surface area contributed by atoms with E-state index in [0.717, 1.165) is 27.5 Å². The van der Waals surface area contributed by atoms with Crippen molar-refractivity contribution in [3.8, 4) is 44.5 Å². The Morgan fingerprint density at radius 3 is 1.29 bits per heavy atom. The number of hydrogen-bond acceptors (Lipinski definition) is 1. The standard InChI is InChI=1S/C54H36O/c1-33-16-14-17-34(2)49(33)54-43-26-12-10-24-41(43)52(42-25-11-13-27-44(42)54)46-28-15-29-47-53(46)45-31-30-36(32-48(45)55-47)51-39-22-8-6-20-37(39)50(35-18-4-3-5-19-35)38-21-7-9-23-40(38)51/h3-32H,1-2H3. The summed E-state index contributed by atoms with van der Waals surface area (Å²) in [5.41, 5.74) is 14.3. The summed E-state index contributed by atoms with van der Waals surface area (Å²) in [6, 6.07) is 66.3. The van der Waals surface area contributed by atoms with Gasteiger partial charge in [0.15, 0.2) is 0 Å². The van der Waals surface area contributed by atoms with Crippen LogP contribution in [0.2, 0.25) is 0 Å². The van der Waals surface area contributed by atoms with Crippen molar-refractivity contribution in [1.82, 2.24) is 0 Å². The van der Waals surface area contributed by atoms with E-state index in [1.807, 2.05) is 0 Å². The Hall–Kier alpha value is -6.96. The van der Waals surface area contributed by atoms with E-state index in [9.17, 15) is 0 Å². The van der Waals surface area contributed by atoms with Gasteiger partial charge in [-0.05, 0) is 131 Å². The second kappa shape index (κ2) is 12.3. The van der Waals surface area contributed by atoms with Crippen molar-refractivity contribution in [3.63, 3.8) is 0 Å². The van der Waals surface area contributed by atoms with Crippen molar-refractivity contribution in [2.24, 2.45) is 0 Å². The number of rotatable bonds is 4. The number of hydrogen-bond donors (Lipinski definition) is 0. The Kier molecular flexibility index (Phi) is 7.06. The van der Waals surface area contributed by atoms with Crippen LogP contribution < -0.4 is 0 Å². The molecule has 55 heavy (non-hydrogen) atoms. The van der Waals surface area contributed by atoms with E-state index >= 15 is 0 Å². The SMILES string of the molecule is Cc1cccc(C)c1-c1c2ccccc2c(-c2cccc3oc4cc(-c5c6ccccc6c(-c6ccccc6)c6ccccc56)ccc4c23)c2ccccc12. The number of benzene rings is 10. The van der Waals surface area contributed by atoms with Crippen LogP contribution in [0.3, 0.4) is 0 Å². The van der Waals surface area contributed by atoms with E-state index in [1.165, 1.54) is 93.2 Å². The maximum atomic E-state index is 6.84. The van der Waals surface area contributed by atoms with Crippen LogP contribution in [-0.2, 0) is 0 Å². The molecule has 11 aromatic rings. The van der Waals surface area contributed by atoms with Gasteiger partial charge in [-0.3, -0.25) is 0 Å². The van der Waals surface area contributed by atoms with Crippen LogP contribution in [0.4, 0.5) is 0 Å². The van der Waals surface area contributed by atoms with Crippen molar-refractivity contribution in [2.75, 3.05) is 0 Å². The highest BCUT2D eigenvalue weighted by Gasteiger charge is 2.22. The molecule has 11 rings (SSSR count).